The Bertz CT molecular complexity index is 1150. The number of anilines is 2. The van der Waals surface area contributed by atoms with Crippen LogP contribution in [-0.4, -0.2) is 39.2 Å². The molecule has 0 atom stereocenters. The number of hydrogen-bond donors (Lipinski definition) is 0. The number of fused-ring (bicyclic) bond motifs is 3. The molecule has 0 amide bonds. The van der Waals surface area contributed by atoms with E-state index in [0.29, 0.717) is 0 Å². The summed E-state index contributed by atoms with van der Waals surface area (Å²) in [6, 6.07) is 22.1. The molecule has 4 heteroatoms. The molecular weight excluding hydrogens is 400 g/mol. The maximum atomic E-state index is 5.41. The molecule has 158 valence electrons. The molecule has 0 saturated carbocycles. The molecule has 0 unspecified atom stereocenters. The Hall–Kier alpha value is -2.69. The van der Waals surface area contributed by atoms with Gasteiger partial charge in [-0.15, -0.1) is 0 Å². The smallest absolute Gasteiger partial charge is 0.119 e. The van der Waals surface area contributed by atoms with Crippen molar-refractivity contribution in [3.8, 4) is 5.75 Å². The van der Waals surface area contributed by atoms with Crippen molar-refractivity contribution in [1.29, 1.82) is 0 Å². The summed E-state index contributed by atoms with van der Waals surface area (Å²) in [7, 11) is 6.01. The molecule has 1 heterocycles. The largest absolute Gasteiger partial charge is 0.497 e. The molecule has 0 aromatic heterocycles. The lowest BCUT2D eigenvalue weighted by molar-refractivity contribution is 0.402. The predicted molar refractivity (Wildman–Crippen MR) is 132 cm³/mol. The Balaban J connectivity index is 1.46. The van der Waals surface area contributed by atoms with Crippen molar-refractivity contribution in [2.45, 2.75) is 22.6 Å². The molecule has 1 aliphatic carbocycles. The number of rotatable bonds is 6. The minimum Gasteiger partial charge on any atom is -0.497 e. The van der Waals surface area contributed by atoms with Gasteiger partial charge in [0.1, 0.15) is 5.75 Å². The molecule has 31 heavy (non-hydrogen) atoms. The maximum absolute atomic E-state index is 5.41. The summed E-state index contributed by atoms with van der Waals surface area (Å²) in [5.74, 6) is 0.919. The Morgan fingerprint density at radius 2 is 1.81 bits per heavy atom. The molecule has 0 N–H and O–H groups in total. The van der Waals surface area contributed by atoms with Crippen LogP contribution in [0.4, 0.5) is 11.4 Å². The van der Waals surface area contributed by atoms with Crippen LogP contribution in [0.3, 0.4) is 0 Å². The van der Waals surface area contributed by atoms with Crippen molar-refractivity contribution >= 4 is 34.8 Å². The number of allylic oxidation sites excluding steroid dienone is 1. The second-order valence-corrected chi connectivity index (χ2v) is 9.56. The van der Waals surface area contributed by atoms with E-state index in [-0.39, 0.29) is 0 Å². The topological polar surface area (TPSA) is 15.7 Å². The predicted octanol–water partition coefficient (Wildman–Crippen LogP) is 6.35. The fourth-order valence-corrected chi connectivity index (χ4v) is 5.58. The van der Waals surface area contributed by atoms with Gasteiger partial charge in [0.05, 0.1) is 18.5 Å². The van der Waals surface area contributed by atoms with Crippen molar-refractivity contribution in [3.63, 3.8) is 0 Å². The number of methoxy groups -OCH3 is 1. The van der Waals surface area contributed by atoms with Gasteiger partial charge >= 0.3 is 0 Å². The van der Waals surface area contributed by atoms with Crippen LogP contribution in [0.1, 0.15) is 23.1 Å². The first-order valence-corrected chi connectivity index (χ1v) is 11.6. The molecule has 3 nitrogen and oxygen atoms in total. The molecule has 3 aromatic rings. The second kappa shape index (κ2) is 8.45. The summed E-state index contributed by atoms with van der Waals surface area (Å²) in [5.41, 5.74) is 7.99. The maximum Gasteiger partial charge on any atom is 0.119 e. The van der Waals surface area contributed by atoms with E-state index in [4.69, 9.17) is 4.74 Å². The average molecular weight is 429 g/mol. The van der Waals surface area contributed by atoms with Gasteiger partial charge in [0, 0.05) is 16.3 Å². The summed E-state index contributed by atoms with van der Waals surface area (Å²) in [5, 5.41) is 0. The minimum atomic E-state index is 0.919. The number of nitrogens with zero attached hydrogens (tertiary/aromatic N) is 2. The van der Waals surface area contributed by atoms with Crippen LogP contribution in [-0.2, 0) is 6.42 Å². The quantitative estimate of drug-likeness (QED) is 0.455. The molecule has 2 aliphatic rings. The van der Waals surface area contributed by atoms with Crippen molar-refractivity contribution in [3.05, 3.63) is 77.4 Å². The molecule has 0 saturated heterocycles. The zero-order valence-electron chi connectivity index (χ0n) is 18.4. The van der Waals surface area contributed by atoms with Crippen LogP contribution >= 0.6 is 11.8 Å². The lowest BCUT2D eigenvalue weighted by Crippen LogP contribution is -2.25. The van der Waals surface area contributed by atoms with Crippen molar-refractivity contribution in [2.75, 3.05) is 39.2 Å². The first-order valence-electron chi connectivity index (χ1n) is 10.8. The van der Waals surface area contributed by atoms with Crippen LogP contribution in [0.5, 0.6) is 5.75 Å². The Kier molecular flexibility index (Phi) is 5.51. The molecule has 0 bridgehead atoms. The van der Waals surface area contributed by atoms with E-state index in [1.807, 2.05) is 11.8 Å². The zero-order valence-corrected chi connectivity index (χ0v) is 19.2. The van der Waals surface area contributed by atoms with E-state index >= 15 is 0 Å². The monoisotopic (exact) mass is 428 g/mol. The third kappa shape index (κ3) is 3.98. The Labute approximate surface area is 189 Å². The fourth-order valence-electron chi connectivity index (χ4n) is 4.44. The van der Waals surface area contributed by atoms with Gasteiger partial charge in [-0.05, 0) is 92.1 Å². The summed E-state index contributed by atoms with van der Waals surface area (Å²) >= 11 is 1.89. The molecule has 3 aromatic carbocycles. The number of hydrogen-bond acceptors (Lipinski definition) is 4. The minimum absolute atomic E-state index is 0.919. The summed E-state index contributed by atoms with van der Waals surface area (Å²) in [6.07, 6.45) is 4.43. The molecule has 0 radical (unpaired) electrons. The summed E-state index contributed by atoms with van der Waals surface area (Å²) < 4.78 is 5.41. The lowest BCUT2D eigenvalue weighted by Gasteiger charge is -2.33. The summed E-state index contributed by atoms with van der Waals surface area (Å²) in [6.45, 7) is 2.11. The van der Waals surface area contributed by atoms with Crippen molar-refractivity contribution in [2.24, 2.45) is 0 Å². The Morgan fingerprint density at radius 3 is 2.65 bits per heavy atom. The first-order chi connectivity index (χ1) is 15.1. The third-order valence-corrected chi connectivity index (χ3v) is 7.16. The second-order valence-electron chi connectivity index (χ2n) is 8.47. The van der Waals surface area contributed by atoms with Crippen LogP contribution in [0.2, 0.25) is 0 Å². The molecule has 0 spiro atoms. The van der Waals surface area contributed by atoms with Gasteiger partial charge in [-0.3, -0.25) is 0 Å². The molecular formula is C27H28N2OS. The zero-order chi connectivity index (χ0) is 21.4. The molecule has 5 rings (SSSR count). The van der Waals surface area contributed by atoms with Gasteiger partial charge in [0.25, 0.3) is 0 Å². The van der Waals surface area contributed by atoms with E-state index in [1.54, 1.807) is 7.11 Å². The average Bonchev–Trinajstić information content (AvgIpc) is 3.21. The van der Waals surface area contributed by atoms with E-state index in [0.717, 1.165) is 31.7 Å². The number of benzene rings is 3. The lowest BCUT2D eigenvalue weighted by atomic mass is 10.0. The number of para-hydroxylation sites is 1. The van der Waals surface area contributed by atoms with Gasteiger partial charge in [-0.25, -0.2) is 0 Å². The van der Waals surface area contributed by atoms with Gasteiger partial charge < -0.3 is 14.5 Å². The highest BCUT2D eigenvalue weighted by Gasteiger charge is 2.24. The number of ether oxygens (including phenoxy) is 1. The van der Waals surface area contributed by atoms with Crippen molar-refractivity contribution < 1.29 is 4.74 Å². The van der Waals surface area contributed by atoms with E-state index < -0.39 is 0 Å². The SMILES string of the molecule is COc1ccc2c(c1)C=C(c1ccc3c(c1)Sc1ccccc1N3CCCN(C)C)C2. The van der Waals surface area contributed by atoms with Gasteiger partial charge in [0.15, 0.2) is 0 Å². The van der Waals surface area contributed by atoms with Crippen LogP contribution in [0, 0.1) is 0 Å². The fraction of sp³-hybridized carbons (Fsp3) is 0.259. The summed E-state index contributed by atoms with van der Waals surface area (Å²) in [4.78, 5) is 7.44. The van der Waals surface area contributed by atoms with Gasteiger partial charge in [0.2, 0.25) is 0 Å². The van der Waals surface area contributed by atoms with Crippen LogP contribution in [0.25, 0.3) is 11.6 Å². The molecule has 0 fully saturated rings. The van der Waals surface area contributed by atoms with Gasteiger partial charge in [-0.2, -0.15) is 0 Å². The highest BCUT2D eigenvalue weighted by Crippen LogP contribution is 2.49. The van der Waals surface area contributed by atoms with Crippen molar-refractivity contribution in [1.82, 2.24) is 4.90 Å². The van der Waals surface area contributed by atoms with Gasteiger partial charge in [-0.1, -0.05) is 42.1 Å². The van der Waals surface area contributed by atoms with E-state index in [2.05, 4.69) is 90.6 Å². The van der Waals surface area contributed by atoms with E-state index in [1.165, 1.54) is 43.4 Å². The molecule has 1 aliphatic heterocycles. The standard InChI is InChI=1S/C27H28N2OS/c1-28(2)13-6-14-29-24-7-4-5-8-26(24)31-27-18-20(10-12-25(27)29)21-15-19-9-11-23(30-3)17-22(19)16-21/h4-5,7-12,16-18H,6,13-15H2,1-3H3. The first kappa shape index (κ1) is 20.2. The highest BCUT2D eigenvalue weighted by atomic mass is 32.2. The highest BCUT2D eigenvalue weighted by molar-refractivity contribution is 7.99. The van der Waals surface area contributed by atoms with E-state index in [9.17, 15) is 0 Å². The van der Waals surface area contributed by atoms with Crippen LogP contribution < -0.4 is 9.64 Å². The van der Waals surface area contributed by atoms with Crippen LogP contribution in [0.15, 0.2) is 70.5 Å². The third-order valence-electron chi connectivity index (χ3n) is 6.05. The Morgan fingerprint density at radius 1 is 0.968 bits per heavy atom. The normalized spacial score (nSPS) is 14.2.